The molecule has 0 aliphatic heterocycles. The Kier molecular flexibility index (Phi) is 34.1. The van der Waals surface area contributed by atoms with E-state index in [1.54, 1.807) is 0 Å². The minimum absolute atomic E-state index is 0. The molecule has 13 heteroatoms. The van der Waals surface area contributed by atoms with Crippen molar-refractivity contribution in [3.63, 3.8) is 0 Å². The average Bonchev–Trinajstić information content (AvgIpc) is 3.11. The number of hydrogen-bond donors (Lipinski definition) is 0. The zero-order valence-corrected chi connectivity index (χ0v) is 60.1. The maximum Gasteiger partial charge on any atom is 1.00 e. The van der Waals surface area contributed by atoms with Gasteiger partial charge in [-0.25, -0.2) is 0 Å². The van der Waals surface area contributed by atoms with Gasteiger partial charge in [0.25, 0.3) is 0 Å². The molecule has 89 heavy (non-hydrogen) atoms. The van der Waals surface area contributed by atoms with Gasteiger partial charge in [0, 0.05) is 22.4 Å². The summed E-state index contributed by atoms with van der Waals surface area (Å²) in [5.41, 5.74) is -2.69. The Balaban J connectivity index is 0.000000203. The molecule has 12 aromatic carbocycles. The molecule has 0 fully saturated rings. The van der Waals surface area contributed by atoms with Crippen molar-refractivity contribution in [1.82, 2.24) is 9.97 Å². The molecule has 13 rings (SSSR count). The number of rotatable bonds is 12. The largest absolute Gasteiger partial charge is 1.00 e. The van der Waals surface area contributed by atoms with E-state index in [2.05, 4.69) is 374 Å². The van der Waals surface area contributed by atoms with Crippen LogP contribution in [0.2, 0.25) is 0 Å². The summed E-state index contributed by atoms with van der Waals surface area (Å²) in [5, 5.41) is 16.8. The normalized spacial score (nSPS) is 9.98. The van der Waals surface area contributed by atoms with Gasteiger partial charge in [-0.1, -0.05) is 375 Å². The number of nitrogens with zero attached hydrogens (tertiary/aromatic N) is 2. The molecule has 0 saturated heterocycles. The third-order valence-corrected chi connectivity index (χ3v) is 22.6. The van der Waals surface area contributed by atoms with E-state index in [0.29, 0.717) is 6.07 Å². The van der Waals surface area contributed by atoms with Crippen LogP contribution in [-0.4, -0.2) is 0 Å². The van der Waals surface area contributed by atoms with E-state index in [4.69, 9.17) is 0 Å². The van der Waals surface area contributed by atoms with Crippen molar-refractivity contribution in [3.8, 4) is 0 Å². The standard InChI is InChI=1S/4C18H15P.C4H3N2O3.4Au/c4*1-4-10-16(11-5-1)19(17-12-6-2-7-13-17)18-14-8-3-9-15-18;7-2-1-3(8)6-4(9)5-2;;;;/h4*1-15H;1H,(H2,5,6,7,8,9);;;;/q;;;;-1;;3*+1/p-2. The van der Waals surface area contributed by atoms with Crippen LogP contribution in [0.3, 0.4) is 0 Å². The van der Waals surface area contributed by atoms with Gasteiger partial charge in [-0.2, -0.15) is 0 Å². The summed E-state index contributed by atoms with van der Waals surface area (Å²) >= 11 is 0. The van der Waals surface area contributed by atoms with Crippen molar-refractivity contribution in [2.24, 2.45) is 0 Å². The van der Waals surface area contributed by atoms with Gasteiger partial charge in [0.1, 0.15) is 0 Å². The van der Waals surface area contributed by atoms with Crippen LogP contribution in [0.25, 0.3) is 0 Å². The van der Waals surface area contributed by atoms with Gasteiger partial charge >= 0.3 is 67.1 Å². The fraction of sp³-hybridized carbons (Fsp3) is 0. The van der Waals surface area contributed by atoms with E-state index >= 15 is 0 Å². The van der Waals surface area contributed by atoms with Gasteiger partial charge in [-0.05, 0) is 101 Å². The van der Waals surface area contributed by atoms with Gasteiger partial charge in [0.2, 0.25) is 0 Å². The first kappa shape index (κ1) is 73.5. The maximum atomic E-state index is 10.2. The van der Waals surface area contributed by atoms with Gasteiger partial charge in [-0.3, -0.25) is 6.07 Å². The van der Waals surface area contributed by atoms with Crippen molar-refractivity contribution in [2.75, 3.05) is 0 Å². The molecule has 13 aromatic rings. The van der Waals surface area contributed by atoms with Gasteiger partial charge in [-0.15, -0.1) is 0 Å². The summed E-state index contributed by atoms with van der Waals surface area (Å²) < 4.78 is 0. The minimum Gasteiger partial charge on any atom is -0.638 e. The van der Waals surface area contributed by atoms with E-state index in [1.165, 1.54) is 63.7 Å². The molecule has 0 amide bonds. The Morgan fingerprint density at radius 3 is 0.382 bits per heavy atom. The molecule has 0 N–H and O–H groups in total. The van der Waals surface area contributed by atoms with Crippen LogP contribution in [0.5, 0.6) is 0 Å². The predicted octanol–water partition coefficient (Wildman–Crippen LogP) is 11.2. The topological polar surface area (TPSA) is 79.4 Å². The van der Waals surface area contributed by atoms with E-state index in [-0.39, 0.29) is 89.5 Å². The Morgan fingerprint density at radius 2 is 0.292 bits per heavy atom. The van der Waals surface area contributed by atoms with E-state index in [1.807, 2.05) is 0 Å². The predicted molar refractivity (Wildman–Crippen MR) is 368 cm³/mol. The van der Waals surface area contributed by atoms with Crippen molar-refractivity contribution in [3.05, 3.63) is 401 Å². The molecule has 1 heterocycles. The van der Waals surface area contributed by atoms with Crippen molar-refractivity contribution < 1.29 is 89.5 Å². The van der Waals surface area contributed by atoms with Crippen LogP contribution in [-0.2, 0) is 89.5 Å². The monoisotopic (exact) mass is 1960 g/mol. The van der Waals surface area contributed by atoms with E-state index in [9.17, 15) is 14.4 Å². The summed E-state index contributed by atoms with van der Waals surface area (Å²) in [6, 6.07) is 130. The average molecular weight is 1960 g/mol. The summed E-state index contributed by atoms with van der Waals surface area (Å²) in [7, 11) is -1.78. The molecule has 0 aliphatic rings. The van der Waals surface area contributed by atoms with E-state index < -0.39 is 48.5 Å². The Hall–Kier alpha value is -6.20. The number of hydrogen-bond acceptors (Lipinski definition) is 3. The van der Waals surface area contributed by atoms with Crippen molar-refractivity contribution in [1.29, 1.82) is 0 Å². The summed E-state index contributed by atoms with van der Waals surface area (Å²) in [6.45, 7) is 0. The summed E-state index contributed by atoms with van der Waals surface area (Å²) in [6.07, 6.45) is 0. The molecule has 0 spiro atoms. The van der Waals surface area contributed by atoms with Crippen LogP contribution in [0.1, 0.15) is 0 Å². The van der Waals surface area contributed by atoms with Gasteiger partial charge in [0.15, 0.2) is 0 Å². The molecule has 457 valence electrons. The molecule has 0 unspecified atom stereocenters. The quantitative estimate of drug-likeness (QED) is 0.0692. The zero-order valence-electron chi connectivity index (χ0n) is 47.8. The molecule has 0 aliphatic carbocycles. The zero-order chi connectivity index (χ0) is 58.5. The number of aromatic nitrogens is 2. The molecule has 5 nitrogen and oxygen atoms in total. The van der Waals surface area contributed by atoms with Crippen molar-refractivity contribution >= 4 is 95.3 Å². The second-order valence-corrected chi connectivity index (χ2v) is 27.6. The molecular formula is C76H61Au4N2O3P4. The van der Waals surface area contributed by atoms with Crippen LogP contribution in [0, 0.1) is 0 Å². The fourth-order valence-corrected chi connectivity index (χ4v) is 18.3. The molecule has 0 bridgehead atoms. The van der Waals surface area contributed by atoms with Crippen LogP contribution in [0.15, 0.2) is 384 Å². The van der Waals surface area contributed by atoms with Crippen LogP contribution < -0.4 is 90.4 Å². The smallest absolute Gasteiger partial charge is 0.638 e. The summed E-state index contributed by atoms with van der Waals surface area (Å²) in [5.74, 6) is 0. The summed E-state index contributed by atoms with van der Waals surface area (Å²) in [4.78, 5) is 36.0. The van der Waals surface area contributed by atoms with E-state index in [0.717, 1.165) is 0 Å². The molecule has 1 aromatic heterocycles. The van der Waals surface area contributed by atoms with Crippen LogP contribution >= 0.6 is 31.7 Å². The first-order valence-electron chi connectivity index (χ1n) is 27.7. The first-order chi connectivity index (χ1) is 42.0. The molecule has 0 saturated carbocycles. The molecule has 1 radical (unpaired) electrons. The van der Waals surface area contributed by atoms with Crippen LogP contribution in [0.4, 0.5) is 0 Å². The van der Waals surface area contributed by atoms with Crippen molar-refractivity contribution in [2.45, 2.75) is 0 Å². The maximum absolute atomic E-state index is 10.2. The second-order valence-electron chi connectivity index (χ2n) is 18.7. The van der Waals surface area contributed by atoms with Gasteiger partial charge in [0.05, 0.1) is 0 Å². The third-order valence-electron chi connectivity index (χ3n) is 12.8. The third kappa shape index (κ3) is 23.2. The Bertz CT molecular complexity index is 3200. The number of benzene rings is 12. The second kappa shape index (κ2) is 41.2. The first-order valence-corrected chi connectivity index (χ1v) is 33.1. The minimum atomic E-state index is -1.02. The molecular weight excluding hydrogens is 1900 g/mol. The van der Waals surface area contributed by atoms with Gasteiger partial charge < -0.3 is 24.4 Å². The Morgan fingerprint density at radius 1 is 0.191 bits per heavy atom. The molecule has 0 atom stereocenters. The SMILES string of the molecule is O=c1[cH-]c(=O)[n-]c(=O)[n-]1.[Au+].[Au+].[Au+].[Au].c1ccc(P(c2ccccc2)c2ccccc2)cc1.c1ccc(P(c2ccccc2)c2ccccc2)cc1.c1ccc(P(c2ccccc2)c2ccccc2)cc1.c1ccc(P(c2ccccc2)c2ccccc2)cc1. The fourth-order valence-electron chi connectivity index (χ4n) is 9.10. The Labute approximate surface area is 590 Å².